The van der Waals surface area contributed by atoms with E-state index in [2.05, 4.69) is 9.97 Å². The molecule has 8 heteroatoms. The molecule has 7 nitrogen and oxygen atoms in total. The zero-order chi connectivity index (χ0) is 18.7. The third kappa shape index (κ3) is 2.54. The molecule has 2 aliphatic rings. The van der Waals surface area contributed by atoms with Crippen LogP contribution >= 0.6 is 11.6 Å². The Morgan fingerprint density at radius 2 is 2.04 bits per heavy atom. The Bertz CT molecular complexity index is 1020. The minimum Gasteiger partial charge on any atom is -0.390 e. The van der Waals surface area contributed by atoms with Gasteiger partial charge in [0.15, 0.2) is 0 Å². The topological polar surface area (TPSA) is 106 Å². The molecule has 4 N–H and O–H groups in total. The molecule has 1 fully saturated rings. The molecule has 140 valence electrons. The van der Waals surface area contributed by atoms with Crippen LogP contribution in [-0.4, -0.2) is 37.0 Å². The predicted octanol–water partition coefficient (Wildman–Crippen LogP) is 2.22. The molecule has 27 heavy (non-hydrogen) atoms. The predicted molar refractivity (Wildman–Crippen MR) is 100 cm³/mol. The Balaban J connectivity index is 1.49. The fourth-order valence-electron chi connectivity index (χ4n) is 4.48. The molecule has 3 aromatic rings. The number of halogens is 1. The smallest absolute Gasteiger partial charge is 0.145 e. The van der Waals surface area contributed by atoms with Crippen LogP contribution in [0.25, 0.3) is 11.0 Å². The molecule has 1 aromatic carbocycles. The van der Waals surface area contributed by atoms with Crippen molar-refractivity contribution in [2.75, 3.05) is 5.73 Å². The monoisotopic (exact) mass is 386 g/mol. The van der Waals surface area contributed by atoms with Crippen LogP contribution in [0.4, 0.5) is 5.82 Å². The minimum absolute atomic E-state index is 0.232. The Labute approximate surface area is 160 Å². The summed E-state index contributed by atoms with van der Waals surface area (Å²) in [7, 11) is 0. The summed E-state index contributed by atoms with van der Waals surface area (Å²) in [6.07, 6.45) is 1.70. The van der Waals surface area contributed by atoms with Gasteiger partial charge in [-0.3, -0.25) is 0 Å². The number of benzene rings is 1. The molecular weight excluding hydrogens is 368 g/mol. The maximum absolute atomic E-state index is 10.8. The second-order valence-electron chi connectivity index (χ2n) is 7.24. The van der Waals surface area contributed by atoms with Gasteiger partial charge in [-0.25, -0.2) is 9.97 Å². The summed E-state index contributed by atoms with van der Waals surface area (Å²) in [5.41, 5.74) is 8.63. The van der Waals surface area contributed by atoms with Crippen molar-refractivity contribution in [2.24, 2.45) is 5.92 Å². The van der Waals surface area contributed by atoms with Crippen molar-refractivity contribution in [1.82, 2.24) is 14.5 Å². The molecule has 0 saturated heterocycles. The van der Waals surface area contributed by atoms with Gasteiger partial charge in [-0.15, -0.1) is 0 Å². The molecule has 0 spiro atoms. The number of fused-ring (bicyclic) bond motifs is 2. The largest absolute Gasteiger partial charge is 0.390 e. The molecule has 5 atom stereocenters. The van der Waals surface area contributed by atoms with Gasteiger partial charge in [0.05, 0.1) is 30.2 Å². The third-order valence-electron chi connectivity index (χ3n) is 5.81. The molecule has 0 amide bonds. The highest BCUT2D eigenvalue weighted by Crippen LogP contribution is 2.48. The Hall–Kier alpha value is -2.19. The zero-order valence-electron chi connectivity index (χ0n) is 14.4. The number of hydrogen-bond donors (Lipinski definition) is 3. The van der Waals surface area contributed by atoms with Crippen LogP contribution in [0.5, 0.6) is 0 Å². The Morgan fingerprint density at radius 3 is 2.89 bits per heavy atom. The molecule has 0 radical (unpaired) electrons. The fraction of sp³-hybridized carbons (Fsp3) is 0.368. The second kappa shape index (κ2) is 6.17. The molecule has 2 aromatic heterocycles. The number of nitrogens with zero attached hydrogens (tertiary/aromatic N) is 3. The van der Waals surface area contributed by atoms with Gasteiger partial charge in [-0.1, -0.05) is 17.7 Å². The first-order chi connectivity index (χ1) is 13.0. The number of aromatic nitrogens is 3. The van der Waals surface area contributed by atoms with Crippen LogP contribution in [-0.2, 0) is 11.3 Å². The van der Waals surface area contributed by atoms with Crippen LogP contribution < -0.4 is 5.73 Å². The van der Waals surface area contributed by atoms with E-state index in [1.165, 1.54) is 6.33 Å². The summed E-state index contributed by atoms with van der Waals surface area (Å²) >= 11 is 6.07. The summed E-state index contributed by atoms with van der Waals surface area (Å²) in [4.78, 5) is 8.31. The highest BCUT2D eigenvalue weighted by Gasteiger charge is 2.48. The van der Waals surface area contributed by atoms with Crippen molar-refractivity contribution in [3.8, 4) is 0 Å². The first-order valence-electron chi connectivity index (χ1n) is 8.87. The number of hydrogen-bond acceptors (Lipinski definition) is 6. The van der Waals surface area contributed by atoms with Gasteiger partial charge < -0.3 is 25.3 Å². The van der Waals surface area contributed by atoms with Crippen molar-refractivity contribution in [3.05, 3.63) is 52.9 Å². The summed E-state index contributed by atoms with van der Waals surface area (Å²) in [6, 6.07) is 7.18. The highest BCUT2D eigenvalue weighted by atomic mass is 35.5. The number of aliphatic hydroxyl groups is 2. The minimum atomic E-state index is -0.929. The second-order valence-corrected chi connectivity index (χ2v) is 7.68. The summed E-state index contributed by atoms with van der Waals surface area (Å²) in [5, 5.41) is 22.9. The van der Waals surface area contributed by atoms with Gasteiger partial charge >= 0.3 is 0 Å². The van der Waals surface area contributed by atoms with Crippen molar-refractivity contribution >= 4 is 28.5 Å². The van der Waals surface area contributed by atoms with E-state index in [9.17, 15) is 10.2 Å². The summed E-state index contributed by atoms with van der Waals surface area (Å²) < 4.78 is 7.84. The lowest BCUT2D eigenvalue weighted by Crippen LogP contribution is -2.31. The third-order valence-corrected chi connectivity index (χ3v) is 6.05. The van der Waals surface area contributed by atoms with Crippen molar-refractivity contribution in [3.63, 3.8) is 0 Å². The molecule has 1 unspecified atom stereocenters. The van der Waals surface area contributed by atoms with Gasteiger partial charge in [-0.2, -0.15) is 0 Å². The van der Waals surface area contributed by atoms with E-state index in [1.54, 1.807) is 0 Å². The number of nitrogens with two attached hydrogens (primary N) is 1. The summed E-state index contributed by atoms with van der Waals surface area (Å²) in [5.74, 6) is 0.164. The molecular formula is C19H19ClN4O3. The van der Waals surface area contributed by atoms with Crippen LogP contribution in [0, 0.1) is 5.92 Å². The lowest BCUT2D eigenvalue weighted by Gasteiger charge is -2.22. The number of ether oxygens (including phenoxy) is 1. The van der Waals surface area contributed by atoms with Crippen LogP contribution in [0.1, 0.15) is 29.7 Å². The van der Waals surface area contributed by atoms with Gasteiger partial charge in [-0.05, 0) is 35.7 Å². The first-order valence-corrected chi connectivity index (χ1v) is 9.25. The first kappa shape index (κ1) is 16.9. The zero-order valence-corrected chi connectivity index (χ0v) is 15.1. The van der Waals surface area contributed by atoms with Crippen molar-refractivity contribution < 1.29 is 14.9 Å². The molecule has 3 heterocycles. The van der Waals surface area contributed by atoms with E-state index in [0.29, 0.717) is 29.5 Å². The highest BCUT2D eigenvalue weighted by molar-refractivity contribution is 6.30. The van der Waals surface area contributed by atoms with E-state index < -0.39 is 12.2 Å². The quantitative estimate of drug-likeness (QED) is 0.623. The maximum Gasteiger partial charge on any atom is 0.145 e. The summed E-state index contributed by atoms with van der Waals surface area (Å²) in [6.45, 7) is 0.459. The van der Waals surface area contributed by atoms with E-state index in [-0.39, 0.29) is 18.1 Å². The van der Waals surface area contributed by atoms with Crippen LogP contribution in [0.15, 0.2) is 36.8 Å². The average Bonchev–Trinajstić information content (AvgIpc) is 3.33. The van der Waals surface area contributed by atoms with E-state index in [1.807, 2.05) is 35.0 Å². The molecule has 1 saturated carbocycles. The average molecular weight is 387 g/mol. The molecule has 5 rings (SSSR count). The van der Waals surface area contributed by atoms with Crippen LogP contribution in [0.3, 0.4) is 0 Å². The lowest BCUT2D eigenvalue weighted by molar-refractivity contribution is -0.0483. The van der Waals surface area contributed by atoms with Gasteiger partial charge in [0.2, 0.25) is 0 Å². The molecule has 1 aliphatic heterocycles. The van der Waals surface area contributed by atoms with E-state index in [0.717, 1.165) is 16.5 Å². The molecule has 0 bridgehead atoms. The fourth-order valence-corrected chi connectivity index (χ4v) is 4.67. The number of aliphatic hydroxyl groups excluding tert-OH is 2. The Kier molecular flexibility index (Phi) is 3.87. The van der Waals surface area contributed by atoms with E-state index >= 15 is 0 Å². The number of rotatable bonds is 2. The number of anilines is 1. The normalized spacial score (nSPS) is 30.1. The maximum atomic E-state index is 10.8. The lowest BCUT2D eigenvalue weighted by atomic mass is 9.91. The van der Waals surface area contributed by atoms with Crippen molar-refractivity contribution in [2.45, 2.75) is 37.4 Å². The molecule has 1 aliphatic carbocycles. The van der Waals surface area contributed by atoms with Gasteiger partial charge in [0.1, 0.15) is 23.9 Å². The van der Waals surface area contributed by atoms with Gasteiger partial charge in [0, 0.05) is 17.1 Å². The number of nitrogen functional groups attached to an aromatic ring is 1. The van der Waals surface area contributed by atoms with E-state index in [4.69, 9.17) is 22.1 Å². The van der Waals surface area contributed by atoms with Crippen LogP contribution in [0.2, 0.25) is 5.02 Å². The standard InChI is InChI=1S/C19H19ClN4O3/c20-10-1-2-11-9(5-10)7-27-17(11)13-6-14(16(26)15(13)25)24-4-3-12-18(21)22-8-23-19(12)24/h1-5,8,13-17,25-26H,6-7H2,(H2,21,22,23)/t13-,14?,15+,16-,17+/m0/s1. The van der Waals surface area contributed by atoms with Gasteiger partial charge in [0.25, 0.3) is 0 Å². The SMILES string of the molecule is Nc1ncnc2c1ccn2C1C[C@H]([C@@H]2OCc3cc(Cl)ccc32)[C@@H](O)[C@H]1O. The Morgan fingerprint density at radius 1 is 1.19 bits per heavy atom. The van der Waals surface area contributed by atoms with Crippen molar-refractivity contribution in [1.29, 1.82) is 0 Å².